The summed E-state index contributed by atoms with van der Waals surface area (Å²) in [5.41, 5.74) is 5.24. The Hall–Kier alpha value is -3.15. The van der Waals surface area contributed by atoms with Gasteiger partial charge < -0.3 is 4.57 Å². The van der Waals surface area contributed by atoms with Crippen LogP contribution < -0.4 is 0 Å². The molecule has 0 bridgehead atoms. The van der Waals surface area contributed by atoms with Crippen molar-refractivity contribution >= 4 is 11.2 Å². The molecule has 130 valence electrons. The van der Waals surface area contributed by atoms with Gasteiger partial charge in [0.2, 0.25) is 0 Å². The molecule has 0 N–H and O–H groups in total. The number of aromatic nitrogens is 5. The van der Waals surface area contributed by atoms with Crippen molar-refractivity contribution in [3.63, 3.8) is 0 Å². The molecule has 4 aromatic rings. The van der Waals surface area contributed by atoms with Gasteiger partial charge in [-0.3, -0.25) is 4.98 Å². The number of halogens is 1. The van der Waals surface area contributed by atoms with Crippen LogP contribution in [0.5, 0.6) is 0 Å². The minimum atomic E-state index is -0.393. The Labute approximate surface area is 150 Å². The number of imidazole rings is 1. The zero-order valence-electron chi connectivity index (χ0n) is 14.9. The Morgan fingerprint density at radius 1 is 1.00 bits per heavy atom. The molecule has 0 fully saturated rings. The summed E-state index contributed by atoms with van der Waals surface area (Å²) in [6, 6.07) is 9.62. The van der Waals surface area contributed by atoms with E-state index in [2.05, 4.69) is 34.0 Å². The Balaban J connectivity index is 1.98. The Morgan fingerprint density at radius 3 is 2.58 bits per heavy atom. The zero-order valence-corrected chi connectivity index (χ0v) is 14.9. The van der Waals surface area contributed by atoms with Crippen LogP contribution in [0.2, 0.25) is 0 Å². The maximum Gasteiger partial charge on any atom is 0.164 e. The summed E-state index contributed by atoms with van der Waals surface area (Å²) in [5, 5.41) is 0. The minimum absolute atomic E-state index is 0.393. The monoisotopic (exact) mass is 347 g/mol. The van der Waals surface area contributed by atoms with Gasteiger partial charge in [-0.25, -0.2) is 19.3 Å². The fourth-order valence-electron chi connectivity index (χ4n) is 3.14. The van der Waals surface area contributed by atoms with Crippen molar-refractivity contribution in [2.45, 2.75) is 27.3 Å². The van der Waals surface area contributed by atoms with Gasteiger partial charge in [0.25, 0.3) is 0 Å². The molecular weight excluding hydrogens is 329 g/mol. The van der Waals surface area contributed by atoms with Crippen molar-refractivity contribution in [2.75, 3.05) is 0 Å². The molecule has 0 spiro atoms. The topological polar surface area (TPSA) is 56.5 Å². The second-order valence-electron chi connectivity index (χ2n) is 6.37. The van der Waals surface area contributed by atoms with Gasteiger partial charge in [0.1, 0.15) is 23.0 Å². The summed E-state index contributed by atoms with van der Waals surface area (Å²) in [6.07, 6.45) is 2.81. The van der Waals surface area contributed by atoms with Crippen LogP contribution >= 0.6 is 0 Å². The zero-order chi connectivity index (χ0) is 18.3. The highest BCUT2D eigenvalue weighted by Crippen LogP contribution is 2.26. The van der Waals surface area contributed by atoms with E-state index < -0.39 is 5.82 Å². The van der Waals surface area contributed by atoms with Gasteiger partial charge in [0, 0.05) is 11.8 Å². The molecule has 0 aliphatic heterocycles. The number of hydrogen-bond donors (Lipinski definition) is 0. The first-order chi connectivity index (χ1) is 12.5. The summed E-state index contributed by atoms with van der Waals surface area (Å²) in [4.78, 5) is 17.7. The van der Waals surface area contributed by atoms with Crippen molar-refractivity contribution in [1.82, 2.24) is 24.5 Å². The van der Waals surface area contributed by atoms with Crippen molar-refractivity contribution in [3.8, 4) is 11.4 Å². The molecule has 0 amide bonds. The number of hydrogen-bond acceptors (Lipinski definition) is 4. The van der Waals surface area contributed by atoms with Gasteiger partial charge in [0.15, 0.2) is 5.65 Å². The molecule has 5 nitrogen and oxygen atoms in total. The third-order valence-electron chi connectivity index (χ3n) is 4.43. The normalized spacial score (nSPS) is 11.2. The van der Waals surface area contributed by atoms with E-state index >= 15 is 0 Å². The first kappa shape index (κ1) is 16.3. The molecule has 1 aromatic carbocycles. The first-order valence-electron chi connectivity index (χ1n) is 8.40. The van der Waals surface area contributed by atoms with E-state index in [1.807, 2.05) is 30.5 Å². The molecule has 3 heterocycles. The molecule has 0 saturated heterocycles. The average molecular weight is 347 g/mol. The maximum atomic E-state index is 13.7. The summed E-state index contributed by atoms with van der Waals surface area (Å²) in [6.45, 7) is 6.44. The van der Waals surface area contributed by atoms with E-state index in [-0.39, 0.29) is 0 Å². The van der Waals surface area contributed by atoms with Crippen molar-refractivity contribution < 1.29 is 4.39 Å². The third-order valence-corrected chi connectivity index (χ3v) is 4.43. The molecule has 4 rings (SSSR count). The Kier molecular flexibility index (Phi) is 3.95. The molecule has 26 heavy (non-hydrogen) atoms. The van der Waals surface area contributed by atoms with Crippen LogP contribution in [0.1, 0.15) is 22.6 Å². The lowest BCUT2D eigenvalue weighted by Gasteiger charge is -2.11. The Bertz CT molecular complexity index is 1120. The van der Waals surface area contributed by atoms with Gasteiger partial charge in [-0.2, -0.15) is 0 Å². The van der Waals surface area contributed by atoms with Crippen LogP contribution in [0, 0.1) is 26.6 Å². The molecule has 0 atom stereocenters. The lowest BCUT2D eigenvalue weighted by atomic mass is 10.1. The summed E-state index contributed by atoms with van der Waals surface area (Å²) >= 11 is 0. The highest BCUT2D eigenvalue weighted by Gasteiger charge is 2.18. The molecule has 0 radical (unpaired) electrons. The molecular formula is C20H18FN5. The van der Waals surface area contributed by atoms with Crippen LogP contribution in [0.3, 0.4) is 0 Å². The van der Waals surface area contributed by atoms with E-state index in [9.17, 15) is 4.39 Å². The predicted molar refractivity (Wildman–Crippen MR) is 98.3 cm³/mol. The van der Waals surface area contributed by atoms with Crippen LogP contribution in [0.25, 0.3) is 22.6 Å². The fraction of sp³-hybridized carbons (Fsp3) is 0.200. The predicted octanol–water partition coefficient (Wildman–Crippen LogP) is 4.00. The highest BCUT2D eigenvalue weighted by molar-refractivity contribution is 5.79. The number of pyridine rings is 1. The molecule has 0 aliphatic rings. The van der Waals surface area contributed by atoms with E-state index in [0.29, 0.717) is 23.8 Å². The average Bonchev–Trinajstić information content (AvgIpc) is 2.96. The number of rotatable bonds is 3. The summed E-state index contributed by atoms with van der Waals surface area (Å²) in [7, 11) is 0. The largest absolute Gasteiger partial charge is 0.304 e. The SMILES string of the molecule is Cc1nc(C)c2nc(-c3cncc(F)c3)n(Cc3ccccc3C)c2n1. The summed E-state index contributed by atoms with van der Waals surface area (Å²) < 4.78 is 15.8. The van der Waals surface area contributed by atoms with Crippen molar-refractivity contribution in [1.29, 1.82) is 0 Å². The summed E-state index contributed by atoms with van der Waals surface area (Å²) in [5.74, 6) is 0.930. The quantitative estimate of drug-likeness (QED) is 0.562. The van der Waals surface area contributed by atoms with Gasteiger partial charge in [-0.1, -0.05) is 24.3 Å². The number of aryl methyl sites for hydroxylation is 3. The van der Waals surface area contributed by atoms with E-state index in [1.165, 1.54) is 17.8 Å². The van der Waals surface area contributed by atoms with E-state index in [1.54, 1.807) is 6.20 Å². The fourth-order valence-corrected chi connectivity index (χ4v) is 3.14. The van der Waals surface area contributed by atoms with Crippen LogP contribution in [-0.4, -0.2) is 24.5 Å². The van der Waals surface area contributed by atoms with Crippen LogP contribution in [0.4, 0.5) is 4.39 Å². The van der Waals surface area contributed by atoms with Gasteiger partial charge in [-0.05, 0) is 38.0 Å². The molecule has 0 saturated carbocycles. The van der Waals surface area contributed by atoms with Gasteiger partial charge in [-0.15, -0.1) is 0 Å². The number of nitrogens with zero attached hydrogens (tertiary/aromatic N) is 5. The van der Waals surface area contributed by atoms with Crippen LogP contribution in [0.15, 0.2) is 42.7 Å². The van der Waals surface area contributed by atoms with Crippen molar-refractivity contribution in [3.05, 3.63) is 71.2 Å². The third kappa shape index (κ3) is 2.83. The van der Waals surface area contributed by atoms with Crippen molar-refractivity contribution in [2.24, 2.45) is 0 Å². The number of fused-ring (bicyclic) bond motifs is 1. The van der Waals surface area contributed by atoms with Crippen LogP contribution in [-0.2, 0) is 6.54 Å². The minimum Gasteiger partial charge on any atom is -0.304 e. The first-order valence-corrected chi connectivity index (χ1v) is 8.40. The Morgan fingerprint density at radius 2 is 1.81 bits per heavy atom. The van der Waals surface area contributed by atoms with E-state index in [0.717, 1.165) is 22.4 Å². The van der Waals surface area contributed by atoms with E-state index in [4.69, 9.17) is 4.98 Å². The number of benzene rings is 1. The lowest BCUT2D eigenvalue weighted by molar-refractivity contribution is 0.621. The lowest BCUT2D eigenvalue weighted by Crippen LogP contribution is -2.06. The molecule has 0 unspecified atom stereocenters. The smallest absolute Gasteiger partial charge is 0.164 e. The maximum absolute atomic E-state index is 13.7. The van der Waals surface area contributed by atoms with Gasteiger partial charge >= 0.3 is 0 Å². The highest BCUT2D eigenvalue weighted by atomic mass is 19.1. The molecule has 0 aliphatic carbocycles. The molecule has 3 aromatic heterocycles. The molecule has 6 heteroatoms. The second kappa shape index (κ2) is 6.29. The standard InChI is InChI=1S/C20H18FN5/c1-12-6-4-5-7-15(12)11-26-19(16-8-17(21)10-22-9-16)25-18-13(2)23-14(3)24-20(18)26/h4-10H,11H2,1-3H3. The second-order valence-corrected chi connectivity index (χ2v) is 6.37. The van der Waals surface area contributed by atoms with Gasteiger partial charge in [0.05, 0.1) is 18.4 Å².